The van der Waals surface area contributed by atoms with Gasteiger partial charge < -0.3 is 4.43 Å². The maximum Gasteiger partial charge on any atom is 0.250 e. The lowest BCUT2D eigenvalue weighted by Gasteiger charge is -2.37. The van der Waals surface area contributed by atoms with Crippen LogP contribution in [0.15, 0.2) is 47.6 Å². The van der Waals surface area contributed by atoms with E-state index in [2.05, 4.69) is 77.2 Å². The van der Waals surface area contributed by atoms with E-state index in [1.165, 1.54) is 29.6 Å². The molecule has 126 valence electrons. The van der Waals surface area contributed by atoms with Crippen LogP contribution in [-0.4, -0.2) is 8.32 Å². The van der Waals surface area contributed by atoms with Crippen molar-refractivity contribution in [2.24, 2.45) is 0 Å². The molecule has 0 atom stereocenters. The van der Waals surface area contributed by atoms with Gasteiger partial charge in [-0.05, 0) is 67.9 Å². The number of rotatable bonds is 5. The van der Waals surface area contributed by atoms with Crippen molar-refractivity contribution >= 4 is 8.32 Å². The summed E-state index contributed by atoms with van der Waals surface area (Å²) < 4.78 is 6.57. The van der Waals surface area contributed by atoms with E-state index in [0.717, 1.165) is 18.6 Å². The molecule has 0 amide bonds. The van der Waals surface area contributed by atoms with Crippen molar-refractivity contribution in [3.63, 3.8) is 0 Å². The van der Waals surface area contributed by atoms with Gasteiger partial charge in [0.05, 0.1) is 0 Å². The fourth-order valence-corrected chi connectivity index (χ4v) is 3.71. The number of para-hydroxylation sites is 1. The maximum absolute atomic E-state index is 6.57. The van der Waals surface area contributed by atoms with Crippen LogP contribution in [0.3, 0.4) is 0 Å². The van der Waals surface area contributed by atoms with Crippen LogP contribution in [0.2, 0.25) is 18.1 Å². The van der Waals surface area contributed by atoms with Gasteiger partial charge in [-0.15, -0.1) is 0 Å². The lowest BCUT2D eigenvalue weighted by atomic mass is 9.93. The van der Waals surface area contributed by atoms with E-state index in [9.17, 15) is 0 Å². The van der Waals surface area contributed by atoms with Crippen molar-refractivity contribution in [2.45, 2.75) is 71.5 Å². The summed E-state index contributed by atoms with van der Waals surface area (Å²) in [6, 6.07) is 8.60. The minimum absolute atomic E-state index is 0.228. The van der Waals surface area contributed by atoms with Crippen molar-refractivity contribution in [3.8, 4) is 5.75 Å². The number of benzene rings is 1. The summed E-state index contributed by atoms with van der Waals surface area (Å²) >= 11 is 0. The summed E-state index contributed by atoms with van der Waals surface area (Å²) in [5.41, 5.74) is 4.31. The quantitative estimate of drug-likeness (QED) is 0.548. The summed E-state index contributed by atoms with van der Waals surface area (Å²) in [7, 11) is -1.79. The van der Waals surface area contributed by atoms with Crippen LogP contribution in [-0.2, 0) is 6.42 Å². The Bertz CT molecular complexity index is 603. The molecular weight excluding hydrogens is 296 g/mol. The molecule has 0 saturated heterocycles. The first-order valence-corrected chi connectivity index (χ1v) is 11.7. The minimum Gasteiger partial charge on any atom is -0.543 e. The van der Waals surface area contributed by atoms with Gasteiger partial charge in [-0.3, -0.25) is 0 Å². The first-order valence-electron chi connectivity index (χ1n) is 8.84. The molecule has 0 fully saturated rings. The third kappa shape index (κ3) is 4.60. The summed E-state index contributed by atoms with van der Waals surface area (Å²) in [6.07, 6.45) is 9.33. The van der Waals surface area contributed by atoms with E-state index in [0.29, 0.717) is 0 Å². The van der Waals surface area contributed by atoms with E-state index in [1.807, 2.05) is 0 Å². The first kappa shape index (κ1) is 18.1. The van der Waals surface area contributed by atoms with Crippen LogP contribution in [0.1, 0.15) is 52.5 Å². The van der Waals surface area contributed by atoms with Gasteiger partial charge in [-0.1, -0.05) is 56.7 Å². The van der Waals surface area contributed by atoms with Gasteiger partial charge in [-0.25, -0.2) is 0 Å². The maximum atomic E-state index is 6.57. The van der Waals surface area contributed by atoms with Gasteiger partial charge in [0.15, 0.2) is 0 Å². The van der Waals surface area contributed by atoms with Crippen LogP contribution in [0.4, 0.5) is 0 Å². The van der Waals surface area contributed by atoms with Gasteiger partial charge in [0.1, 0.15) is 5.75 Å². The van der Waals surface area contributed by atoms with Gasteiger partial charge >= 0.3 is 0 Å². The monoisotopic (exact) mass is 328 g/mol. The molecule has 2 rings (SSSR count). The number of hydrogen-bond acceptors (Lipinski definition) is 1. The molecule has 0 bridgehead atoms. The van der Waals surface area contributed by atoms with E-state index in [-0.39, 0.29) is 5.04 Å². The highest BCUT2D eigenvalue weighted by Gasteiger charge is 2.39. The molecule has 2 heteroatoms. The fraction of sp³-hybridized carbons (Fsp3) is 0.524. The summed E-state index contributed by atoms with van der Waals surface area (Å²) in [4.78, 5) is 0. The Kier molecular flexibility index (Phi) is 5.56. The standard InChI is InChI=1S/C21H32OSi/c1-17-11-7-8-12-18(17)15-16-19-13-9-10-14-20(19)22-23(5,6)21(2,3)4/h9-14H,7-8,15-16H2,1-6H3. The van der Waals surface area contributed by atoms with Crippen molar-refractivity contribution in [1.29, 1.82) is 0 Å². The Hall–Kier alpha value is -1.28. The van der Waals surface area contributed by atoms with E-state index < -0.39 is 8.32 Å². The summed E-state index contributed by atoms with van der Waals surface area (Å²) in [6.45, 7) is 13.8. The fourth-order valence-electron chi connectivity index (χ4n) is 2.66. The Morgan fingerprint density at radius 1 is 1.00 bits per heavy atom. The Morgan fingerprint density at radius 2 is 1.65 bits per heavy atom. The molecule has 1 aromatic carbocycles. The molecule has 1 nitrogen and oxygen atoms in total. The Morgan fingerprint density at radius 3 is 2.30 bits per heavy atom. The van der Waals surface area contributed by atoms with Gasteiger partial charge in [0.2, 0.25) is 8.32 Å². The second kappa shape index (κ2) is 7.08. The lowest BCUT2D eigenvalue weighted by molar-refractivity contribution is 0.487. The average molecular weight is 329 g/mol. The molecule has 0 spiro atoms. The SMILES string of the molecule is CC1=CCCC=C1CCc1ccccc1O[Si](C)(C)C(C)(C)C. The highest BCUT2D eigenvalue weighted by Crippen LogP contribution is 2.38. The lowest BCUT2D eigenvalue weighted by Crippen LogP contribution is -2.44. The molecule has 23 heavy (non-hydrogen) atoms. The van der Waals surface area contributed by atoms with Crippen LogP contribution >= 0.6 is 0 Å². The Labute approximate surface area is 143 Å². The van der Waals surface area contributed by atoms with Gasteiger partial charge in [-0.2, -0.15) is 0 Å². The molecular formula is C21H32OSi. The molecule has 0 heterocycles. The second-order valence-corrected chi connectivity index (χ2v) is 12.9. The number of aryl methyl sites for hydroxylation is 1. The smallest absolute Gasteiger partial charge is 0.250 e. The van der Waals surface area contributed by atoms with Crippen molar-refractivity contribution < 1.29 is 4.43 Å². The van der Waals surface area contributed by atoms with Gasteiger partial charge in [0.25, 0.3) is 0 Å². The zero-order valence-corrected chi connectivity index (χ0v) is 16.7. The summed E-state index contributed by atoms with van der Waals surface area (Å²) in [5, 5.41) is 0.228. The first-order chi connectivity index (χ1) is 10.7. The highest BCUT2D eigenvalue weighted by molar-refractivity contribution is 6.74. The predicted octanol–water partition coefficient (Wildman–Crippen LogP) is 6.67. The predicted molar refractivity (Wildman–Crippen MR) is 104 cm³/mol. The molecule has 1 aliphatic carbocycles. The van der Waals surface area contributed by atoms with E-state index in [4.69, 9.17) is 4.43 Å². The van der Waals surface area contributed by atoms with Crippen LogP contribution in [0.25, 0.3) is 0 Å². The van der Waals surface area contributed by atoms with Crippen LogP contribution in [0.5, 0.6) is 5.75 Å². The Balaban J connectivity index is 2.12. The number of allylic oxidation sites excluding steroid dienone is 4. The topological polar surface area (TPSA) is 9.23 Å². The zero-order valence-electron chi connectivity index (χ0n) is 15.7. The molecule has 0 saturated carbocycles. The number of hydrogen-bond donors (Lipinski definition) is 0. The third-order valence-electron chi connectivity index (χ3n) is 5.32. The molecule has 0 aromatic heterocycles. The van der Waals surface area contributed by atoms with E-state index in [1.54, 1.807) is 0 Å². The molecule has 0 N–H and O–H groups in total. The normalized spacial score (nSPS) is 15.9. The summed E-state index contributed by atoms with van der Waals surface area (Å²) in [5.74, 6) is 1.09. The van der Waals surface area contributed by atoms with E-state index >= 15 is 0 Å². The largest absolute Gasteiger partial charge is 0.543 e. The molecule has 0 unspecified atom stereocenters. The highest BCUT2D eigenvalue weighted by atomic mass is 28.4. The second-order valence-electron chi connectivity index (χ2n) is 8.16. The molecule has 0 aliphatic heterocycles. The van der Waals surface area contributed by atoms with Crippen molar-refractivity contribution in [2.75, 3.05) is 0 Å². The van der Waals surface area contributed by atoms with Crippen LogP contribution < -0.4 is 4.43 Å². The minimum atomic E-state index is -1.79. The molecule has 0 radical (unpaired) electrons. The van der Waals surface area contributed by atoms with Crippen LogP contribution in [0, 0.1) is 0 Å². The molecule has 1 aromatic rings. The zero-order chi connectivity index (χ0) is 17.1. The molecule has 1 aliphatic rings. The van der Waals surface area contributed by atoms with Crippen molar-refractivity contribution in [3.05, 3.63) is 53.1 Å². The van der Waals surface area contributed by atoms with Crippen molar-refractivity contribution in [1.82, 2.24) is 0 Å². The average Bonchev–Trinajstić information content (AvgIpc) is 2.46. The third-order valence-corrected chi connectivity index (χ3v) is 9.66. The van der Waals surface area contributed by atoms with Gasteiger partial charge in [0, 0.05) is 0 Å².